The first kappa shape index (κ1) is 12.7. The summed E-state index contributed by atoms with van der Waals surface area (Å²) in [6.45, 7) is 3.33. The number of rotatable bonds is 6. The molecule has 1 unspecified atom stereocenters. The van der Waals surface area contributed by atoms with E-state index in [9.17, 15) is 14.7 Å². The van der Waals surface area contributed by atoms with Crippen LogP contribution in [0, 0.1) is 0 Å². The zero-order valence-electron chi connectivity index (χ0n) is 9.27. The number of nitrogens with one attached hydrogen (secondary N) is 2. The predicted octanol–water partition coefficient (Wildman–Crippen LogP) is -1.10. The summed E-state index contributed by atoms with van der Waals surface area (Å²) in [5.41, 5.74) is -0.678. The Kier molecular flexibility index (Phi) is 4.94. The molecule has 1 heterocycles. The number of aliphatic hydroxyl groups is 1. The van der Waals surface area contributed by atoms with E-state index < -0.39 is 6.10 Å². The maximum Gasteiger partial charge on any atom is 0.265 e. The maximum atomic E-state index is 11.3. The van der Waals surface area contributed by atoms with Crippen LogP contribution in [0.5, 0.6) is 0 Å². The molecule has 1 aromatic rings. The summed E-state index contributed by atoms with van der Waals surface area (Å²) >= 11 is 0. The number of aromatic nitrogens is 2. The highest BCUT2D eigenvalue weighted by molar-refractivity contribution is 4.86. The van der Waals surface area contributed by atoms with Crippen LogP contribution in [0.25, 0.3) is 0 Å². The lowest BCUT2D eigenvalue weighted by Crippen LogP contribution is -2.37. The van der Waals surface area contributed by atoms with Crippen LogP contribution in [0.2, 0.25) is 0 Å². The molecule has 0 fully saturated rings. The normalized spacial score (nSPS) is 12.6. The fraction of sp³-hybridized carbons (Fsp3) is 0.600. The maximum absolute atomic E-state index is 11.3. The fourth-order valence-corrected chi connectivity index (χ4v) is 1.32. The Morgan fingerprint density at radius 3 is 2.94 bits per heavy atom. The first-order valence-corrected chi connectivity index (χ1v) is 5.32. The van der Waals surface area contributed by atoms with Gasteiger partial charge in [0.1, 0.15) is 0 Å². The molecule has 0 saturated carbocycles. The first-order valence-electron chi connectivity index (χ1n) is 5.32. The van der Waals surface area contributed by atoms with Crippen molar-refractivity contribution in [3.8, 4) is 0 Å². The van der Waals surface area contributed by atoms with E-state index in [1.165, 1.54) is 12.1 Å². The summed E-state index contributed by atoms with van der Waals surface area (Å²) in [5.74, 6) is 0. The van der Waals surface area contributed by atoms with Gasteiger partial charge in [-0.05, 0) is 13.0 Å². The summed E-state index contributed by atoms with van der Waals surface area (Å²) in [6.07, 6.45) is 0.289. The van der Waals surface area contributed by atoms with E-state index in [2.05, 4.69) is 10.4 Å². The predicted molar refractivity (Wildman–Crippen MR) is 60.5 cm³/mol. The number of aliphatic hydroxyl groups excluding tert-OH is 1. The Morgan fingerprint density at radius 2 is 2.25 bits per heavy atom. The van der Waals surface area contributed by atoms with Crippen LogP contribution in [0.15, 0.2) is 21.7 Å². The van der Waals surface area contributed by atoms with Crippen LogP contribution < -0.4 is 16.4 Å². The summed E-state index contributed by atoms with van der Waals surface area (Å²) in [5, 5.41) is 15.0. The van der Waals surface area contributed by atoms with Crippen molar-refractivity contribution in [3.05, 3.63) is 32.8 Å². The fourth-order valence-electron chi connectivity index (χ4n) is 1.32. The monoisotopic (exact) mass is 227 g/mol. The summed E-state index contributed by atoms with van der Waals surface area (Å²) in [6, 6.07) is 2.35. The van der Waals surface area contributed by atoms with E-state index in [-0.39, 0.29) is 17.7 Å². The third-order valence-electron chi connectivity index (χ3n) is 2.09. The second kappa shape index (κ2) is 6.24. The molecule has 0 bridgehead atoms. The lowest BCUT2D eigenvalue weighted by atomic mass is 10.3. The van der Waals surface area contributed by atoms with Gasteiger partial charge in [0, 0.05) is 18.7 Å². The quantitative estimate of drug-likeness (QED) is 0.538. The van der Waals surface area contributed by atoms with Crippen molar-refractivity contribution in [3.63, 3.8) is 0 Å². The van der Waals surface area contributed by atoms with Crippen LogP contribution in [0.4, 0.5) is 0 Å². The van der Waals surface area contributed by atoms with E-state index in [4.69, 9.17) is 0 Å². The van der Waals surface area contributed by atoms with Crippen molar-refractivity contribution in [2.45, 2.75) is 26.0 Å². The lowest BCUT2D eigenvalue weighted by molar-refractivity contribution is 0.144. The van der Waals surface area contributed by atoms with Gasteiger partial charge in [-0.2, -0.15) is 0 Å². The molecule has 0 aliphatic carbocycles. The summed E-state index contributed by atoms with van der Waals surface area (Å²) < 4.78 is 1.11. The summed E-state index contributed by atoms with van der Waals surface area (Å²) in [7, 11) is 0. The molecule has 0 aromatic carbocycles. The van der Waals surface area contributed by atoms with Crippen molar-refractivity contribution in [1.29, 1.82) is 0 Å². The topological polar surface area (TPSA) is 87.1 Å². The van der Waals surface area contributed by atoms with Crippen molar-refractivity contribution in [2.75, 3.05) is 13.1 Å². The van der Waals surface area contributed by atoms with Gasteiger partial charge in [0.25, 0.3) is 11.1 Å². The van der Waals surface area contributed by atoms with Gasteiger partial charge in [0.2, 0.25) is 0 Å². The van der Waals surface area contributed by atoms with E-state index in [1.54, 1.807) is 0 Å². The molecular weight excluding hydrogens is 210 g/mol. The van der Waals surface area contributed by atoms with E-state index in [0.29, 0.717) is 6.54 Å². The minimum Gasteiger partial charge on any atom is -0.390 e. The highest BCUT2D eigenvalue weighted by Crippen LogP contribution is 1.84. The number of hydrogen-bond acceptors (Lipinski definition) is 4. The molecule has 0 saturated heterocycles. The van der Waals surface area contributed by atoms with E-state index in [0.717, 1.165) is 17.6 Å². The molecule has 0 aliphatic heterocycles. The number of aromatic amines is 1. The van der Waals surface area contributed by atoms with Crippen molar-refractivity contribution in [2.24, 2.45) is 0 Å². The zero-order valence-corrected chi connectivity index (χ0v) is 9.27. The molecule has 16 heavy (non-hydrogen) atoms. The Hall–Kier alpha value is -1.40. The molecule has 90 valence electrons. The second-order valence-corrected chi connectivity index (χ2v) is 3.62. The van der Waals surface area contributed by atoms with Crippen LogP contribution in [-0.4, -0.2) is 34.1 Å². The van der Waals surface area contributed by atoms with Gasteiger partial charge < -0.3 is 10.4 Å². The Labute approximate surface area is 92.9 Å². The van der Waals surface area contributed by atoms with Crippen molar-refractivity contribution >= 4 is 0 Å². The third kappa shape index (κ3) is 4.00. The molecular formula is C10H17N3O3. The van der Waals surface area contributed by atoms with Crippen molar-refractivity contribution < 1.29 is 5.11 Å². The van der Waals surface area contributed by atoms with Crippen LogP contribution in [0.3, 0.4) is 0 Å². The van der Waals surface area contributed by atoms with Gasteiger partial charge in [-0.3, -0.25) is 14.7 Å². The smallest absolute Gasteiger partial charge is 0.265 e. The van der Waals surface area contributed by atoms with Gasteiger partial charge in [-0.15, -0.1) is 0 Å². The van der Waals surface area contributed by atoms with Crippen LogP contribution >= 0.6 is 0 Å². The minimum absolute atomic E-state index is 0.0889. The molecule has 0 aliphatic rings. The Bertz CT molecular complexity index is 424. The average molecular weight is 227 g/mol. The molecule has 6 heteroatoms. The molecule has 1 rings (SSSR count). The highest BCUT2D eigenvalue weighted by Gasteiger charge is 2.05. The van der Waals surface area contributed by atoms with Gasteiger partial charge in [-0.1, -0.05) is 6.92 Å². The SMILES string of the molecule is CCCNCC(O)Cn1[nH]c(=O)ccc1=O. The number of H-pyrrole nitrogens is 1. The molecule has 0 spiro atoms. The molecule has 6 nitrogen and oxygen atoms in total. The van der Waals surface area contributed by atoms with E-state index >= 15 is 0 Å². The first-order chi connectivity index (χ1) is 7.63. The third-order valence-corrected chi connectivity index (χ3v) is 2.09. The Morgan fingerprint density at radius 1 is 1.50 bits per heavy atom. The van der Waals surface area contributed by atoms with Crippen LogP contribution in [-0.2, 0) is 6.54 Å². The van der Waals surface area contributed by atoms with Gasteiger partial charge in [0.15, 0.2) is 0 Å². The number of nitrogens with zero attached hydrogens (tertiary/aromatic N) is 1. The van der Waals surface area contributed by atoms with Gasteiger partial charge in [0.05, 0.1) is 12.6 Å². The second-order valence-electron chi connectivity index (χ2n) is 3.62. The minimum atomic E-state index is -0.692. The van der Waals surface area contributed by atoms with E-state index in [1.807, 2.05) is 6.92 Å². The van der Waals surface area contributed by atoms with Gasteiger partial charge in [-0.25, -0.2) is 4.68 Å². The highest BCUT2D eigenvalue weighted by atomic mass is 16.3. The van der Waals surface area contributed by atoms with Crippen molar-refractivity contribution in [1.82, 2.24) is 15.1 Å². The lowest BCUT2D eigenvalue weighted by Gasteiger charge is -2.12. The molecule has 1 aromatic heterocycles. The standard InChI is InChI=1S/C10H17N3O3/c1-2-5-11-6-8(14)7-13-10(16)4-3-9(15)12-13/h3-4,8,11,14H,2,5-7H2,1H3,(H,12,15). The molecule has 0 amide bonds. The number of hydrogen-bond donors (Lipinski definition) is 3. The molecule has 0 radical (unpaired) electrons. The average Bonchev–Trinajstić information content (AvgIpc) is 2.24. The van der Waals surface area contributed by atoms with Crippen LogP contribution in [0.1, 0.15) is 13.3 Å². The molecule has 1 atom stereocenters. The zero-order chi connectivity index (χ0) is 12.0. The van der Waals surface area contributed by atoms with Gasteiger partial charge >= 0.3 is 0 Å². The largest absolute Gasteiger partial charge is 0.390 e. The molecule has 3 N–H and O–H groups in total. The summed E-state index contributed by atoms with van der Waals surface area (Å²) in [4.78, 5) is 22.3. The Balaban J connectivity index is 2.55.